The van der Waals surface area contributed by atoms with Crippen LogP contribution in [-0.2, 0) is 17.9 Å². The minimum Gasteiger partial charge on any atom is -0.480 e. The molecule has 1 aromatic heterocycles. The van der Waals surface area contributed by atoms with E-state index >= 15 is 0 Å². The van der Waals surface area contributed by atoms with Crippen LogP contribution in [-0.4, -0.2) is 33.4 Å². The zero-order valence-electron chi connectivity index (χ0n) is 11.5. The SMILES string of the molecule is CCC(CO)NCc1cn(CC(=O)O)c2ccccc12. The van der Waals surface area contributed by atoms with Crippen LogP contribution in [0.5, 0.6) is 0 Å². The van der Waals surface area contributed by atoms with Gasteiger partial charge in [0.05, 0.1) is 6.61 Å². The van der Waals surface area contributed by atoms with Crippen LogP contribution in [0.15, 0.2) is 30.5 Å². The van der Waals surface area contributed by atoms with Crippen molar-refractivity contribution in [3.63, 3.8) is 0 Å². The van der Waals surface area contributed by atoms with Crippen LogP contribution in [0.2, 0.25) is 0 Å². The summed E-state index contributed by atoms with van der Waals surface area (Å²) in [5.41, 5.74) is 1.97. The van der Waals surface area contributed by atoms with Crippen LogP contribution in [0.1, 0.15) is 18.9 Å². The lowest BCUT2D eigenvalue weighted by Gasteiger charge is -2.13. The van der Waals surface area contributed by atoms with Gasteiger partial charge < -0.3 is 20.1 Å². The number of rotatable bonds is 7. The van der Waals surface area contributed by atoms with Crippen molar-refractivity contribution < 1.29 is 15.0 Å². The normalized spacial score (nSPS) is 12.7. The summed E-state index contributed by atoms with van der Waals surface area (Å²) >= 11 is 0. The molecule has 20 heavy (non-hydrogen) atoms. The highest BCUT2D eigenvalue weighted by molar-refractivity contribution is 5.85. The second-order valence-electron chi connectivity index (χ2n) is 4.86. The molecule has 1 unspecified atom stereocenters. The van der Waals surface area contributed by atoms with E-state index in [1.54, 1.807) is 4.57 Å². The summed E-state index contributed by atoms with van der Waals surface area (Å²) in [5.74, 6) is -0.855. The Labute approximate surface area is 117 Å². The fraction of sp³-hybridized carbons (Fsp3) is 0.400. The maximum atomic E-state index is 10.9. The van der Waals surface area contributed by atoms with Crippen molar-refractivity contribution in [2.45, 2.75) is 32.5 Å². The molecule has 0 aliphatic rings. The van der Waals surface area contributed by atoms with E-state index in [1.165, 1.54) is 0 Å². The third-order valence-electron chi connectivity index (χ3n) is 3.47. The van der Waals surface area contributed by atoms with Crippen LogP contribution in [0.25, 0.3) is 10.9 Å². The molecule has 0 aliphatic heterocycles. The molecule has 2 aromatic rings. The molecule has 1 atom stereocenters. The molecule has 0 fully saturated rings. The predicted octanol–water partition coefficient (Wildman–Crippen LogP) is 1.59. The van der Waals surface area contributed by atoms with Crippen LogP contribution < -0.4 is 5.32 Å². The lowest BCUT2D eigenvalue weighted by molar-refractivity contribution is -0.137. The van der Waals surface area contributed by atoms with Gasteiger partial charge in [-0.3, -0.25) is 4.79 Å². The molecular weight excluding hydrogens is 256 g/mol. The summed E-state index contributed by atoms with van der Waals surface area (Å²) in [6, 6.07) is 7.83. The average molecular weight is 276 g/mol. The molecule has 1 aromatic carbocycles. The molecule has 5 nitrogen and oxygen atoms in total. The van der Waals surface area contributed by atoms with Gasteiger partial charge >= 0.3 is 5.97 Å². The Hall–Kier alpha value is -1.85. The molecule has 0 radical (unpaired) electrons. The lowest BCUT2D eigenvalue weighted by atomic mass is 10.1. The largest absolute Gasteiger partial charge is 0.480 e. The molecule has 3 N–H and O–H groups in total. The number of nitrogens with zero attached hydrogens (tertiary/aromatic N) is 1. The number of nitrogens with one attached hydrogen (secondary N) is 1. The standard InChI is InChI=1S/C15H20N2O3/c1-2-12(10-18)16-7-11-8-17(9-15(19)20)14-6-4-3-5-13(11)14/h3-6,8,12,16,18H,2,7,9-10H2,1H3,(H,19,20). The van der Waals surface area contributed by atoms with Gasteiger partial charge in [0.25, 0.3) is 0 Å². The first kappa shape index (κ1) is 14.6. The van der Waals surface area contributed by atoms with Gasteiger partial charge in [-0.1, -0.05) is 25.1 Å². The van der Waals surface area contributed by atoms with Crippen molar-refractivity contribution in [1.29, 1.82) is 0 Å². The van der Waals surface area contributed by atoms with E-state index in [2.05, 4.69) is 5.32 Å². The van der Waals surface area contributed by atoms with Crippen LogP contribution in [0, 0.1) is 0 Å². The van der Waals surface area contributed by atoms with E-state index in [4.69, 9.17) is 5.11 Å². The number of para-hydroxylation sites is 1. The van der Waals surface area contributed by atoms with Crippen molar-refractivity contribution in [2.24, 2.45) is 0 Å². The van der Waals surface area contributed by atoms with Crippen molar-refractivity contribution >= 4 is 16.9 Å². The summed E-state index contributed by atoms with van der Waals surface area (Å²) in [7, 11) is 0. The average Bonchev–Trinajstić information content (AvgIpc) is 2.78. The number of hydrogen-bond acceptors (Lipinski definition) is 3. The quantitative estimate of drug-likeness (QED) is 0.718. The van der Waals surface area contributed by atoms with Crippen molar-refractivity contribution in [3.8, 4) is 0 Å². The fourth-order valence-electron chi connectivity index (χ4n) is 2.33. The number of carbonyl (C=O) groups is 1. The molecule has 0 aliphatic carbocycles. The van der Waals surface area contributed by atoms with E-state index in [0.717, 1.165) is 22.9 Å². The first-order chi connectivity index (χ1) is 9.65. The highest BCUT2D eigenvalue weighted by Crippen LogP contribution is 2.21. The van der Waals surface area contributed by atoms with Gasteiger partial charge in [-0.15, -0.1) is 0 Å². The highest BCUT2D eigenvalue weighted by Gasteiger charge is 2.11. The molecule has 2 rings (SSSR count). The smallest absolute Gasteiger partial charge is 0.323 e. The Morgan fingerprint density at radius 1 is 1.40 bits per heavy atom. The number of carboxylic acid groups (broad SMARTS) is 1. The summed E-state index contributed by atoms with van der Waals surface area (Å²) in [5, 5.41) is 22.5. The summed E-state index contributed by atoms with van der Waals surface area (Å²) in [6.07, 6.45) is 2.72. The molecule has 0 amide bonds. The number of aromatic nitrogens is 1. The van der Waals surface area contributed by atoms with Gasteiger partial charge in [0.15, 0.2) is 0 Å². The number of aliphatic carboxylic acids is 1. The van der Waals surface area contributed by atoms with E-state index < -0.39 is 5.97 Å². The Bertz CT molecular complexity index is 588. The number of fused-ring (bicyclic) bond motifs is 1. The molecule has 1 heterocycles. The molecule has 108 valence electrons. The molecule has 0 spiro atoms. The fourth-order valence-corrected chi connectivity index (χ4v) is 2.33. The molecule has 0 bridgehead atoms. The zero-order valence-corrected chi connectivity index (χ0v) is 11.5. The molecule has 5 heteroatoms. The second-order valence-corrected chi connectivity index (χ2v) is 4.86. The van der Waals surface area contributed by atoms with E-state index in [9.17, 15) is 9.90 Å². The van der Waals surface area contributed by atoms with Crippen molar-refractivity contribution in [3.05, 3.63) is 36.0 Å². The third kappa shape index (κ3) is 3.18. The van der Waals surface area contributed by atoms with Gasteiger partial charge in [-0.25, -0.2) is 0 Å². The van der Waals surface area contributed by atoms with Gasteiger partial charge in [0.1, 0.15) is 6.54 Å². The Balaban J connectivity index is 2.26. The zero-order chi connectivity index (χ0) is 14.5. The van der Waals surface area contributed by atoms with Gasteiger partial charge in [-0.05, 0) is 18.1 Å². The van der Waals surface area contributed by atoms with Crippen LogP contribution in [0.3, 0.4) is 0 Å². The molecule has 0 saturated heterocycles. The maximum absolute atomic E-state index is 10.9. The topological polar surface area (TPSA) is 74.5 Å². The highest BCUT2D eigenvalue weighted by atomic mass is 16.4. The Morgan fingerprint density at radius 3 is 2.80 bits per heavy atom. The van der Waals surface area contributed by atoms with E-state index in [-0.39, 0.29) is 19.2 Å². The first-order valence-corrected chi connectivity index (χ1v) is 6.78. The number of carboxylic acids is 1. The van der Waals surface area contributed by atoms with Crippen LogP contribution in [0.4, 0.5) is 0 Å². The second kappa shape index (κ2) is 6.54. The Morgan fingerprint density at radius 2 is 2.15 bits per heavy atom. The van der Waals surface area contributed by atoms with Gasteiger partial charge in [0, 0.05) is 29.7 Å². The Kier molecular flexibility index (Phi) is 4.76. The summed E-state index contributed by atoms with van der Waals surface area (Å²) in [6.45, 7) is 2.69. The summed E-state index contributed by atoms with van der Waals surface area (Å²) in [4.78, 5) is 10.9. The van der Waals surface area contributed by atoms with Crippen molar-refractivity contribution in [2.75, 3.05) is 6.61 Å². The van der Waals surface area contributed by atoms with Gasteiger partial charge in [0.2, 0.25) is 0 Å². The number of aliphatic hydroxyl groups excluding tert-OH is 1. The van der Waals surface area contributed by atoms with Gasteiger partial charge in [-0.2, -0.15) is 0 Å². The molecule has 0 saturated carbocycles. The van der Waals surface area contributed by atoms with Crippen molar-refractivity contribution in [1.82, 2.24) is 9.88 Å². The maximum Gasteiger partial charge on any atom is 0.323 e. The minimum absolute atomic E-state index is 0.0439. The summed E-state index contributed by atoms with van der Waals surface area (Å²) < 4.78 is 1.74. The lowest BCUT2D eigenvalue weighted by Crippen LogP contribution is -2.31. The monoisotopic (exact) mass is 276 g/mol. The molecular formula is C15H20N2O3. The van der Waals surface area contributed by atoms with Crippen LogP contribution >= 0.6 is 0 Å². The predicted molar refractivity (Wildman–Crippen MR) is 77.6 cm³/mol. The first-order valence-electron chi connectivity index (χ1n) is 6.78. The number of hydrogen-bond donors (Lipinski definition) is 3. The van der Waals surface area contributed by atoms with E-state index in [1.807, 2.05) is 37.4 Å². The number of benzene rings is 1. The minimum atomic E-state index is -0.855. The number of aliphatic hydroxyl groups is 1. The van der Waals surface area contributed by atoms with E-state index in [0.29, 0.717) is 6.54 Å². The third-order valence-corrected chi connectivity index (χ3v) is 3.47.